The number of phenols is 1. The Kier molecular flexibility index (Phi) is 10.5. The van der Waals surface area contributed by atoms with Gasteiger partial charge in [0.1, 0.15) is 35.8 Å². The Labute approximate surface area is 233 Å². The summed E-state index contributed by atoms with van der Waals surface area (Å²) in [6.07, 6.45) is 1.77. The topological polar surface area (TPSA) is 106 Å². The highest BCUT2D eigenvalue weighted by Crippen LogP contribution is 2.18. The zero-order valence-electron chi connectivity index (χ0n) is 22.3. The summed E-state index contributed by atoms with van der Waals surface area (Å²) >= 11 is 0. The third-order valence-corrected chi connectivity index (χ3v) is 6.72. The van der Waals surface area contributed by atoms with Crippen LogP contribution in [-0.4, -0.2) is 66.1 Å². The number of nitrogens with one attached hydrogen (secondary N) is 3. The summed E-state index contributed by atoms with van der Waals surface area (Å²) in [6.45, 7) is 2.56. The van der Waals surface area contributed by atoms with Crippen molar-refractivity contribution in [2.75, 3.05) is 38.1 Å². The number of phenolic OH excluding ortho intramolecular Hbond substituents is 1. The van der Waals surface area contributed by atoms with Gasteiger partial charge in [-0.1, -0.05) is 12.1 Å². The summed E-state index contributed by atoms with van der Waals surface area (Å²) in [5.41, 5.74) is 2.59. The number of aliphatic hydroxyl groups is 1. The van der Waals surface area contributed by atoms with E-state index in [9.17, 15) is 23.8 Å². The first kappa shape index (κ1) is 29.1. The molecule has 40 heavy (non-hydrogen) atoms. The summed E-state index contributed by atoms with van der Waals surface area (Å²) in [5.74, 6) is -0.559. The maximum Gasteiger partial charge on any atom is 0.317 e. The monoisotopic (exact) mass is 554 g/mol. The largest absolute Gasteiger partial charge is 0.508 e. The van der Waals surface area contributed by atoms with Crippen LogP contribution >= 0.6 is 0 Å². The number of halogens is 2. The minimum atomic E-state index is -0.662. The Hall–Kier alpha value is -3.89. The van der Waals surface area contributed by atoms with Gasteiger partial charge in [-0.05, 0) is 85.5 Å². The Morgan fingerprint density at radius 3 is 2.33 bits per heavy atom. The molecular weight excluding hydrogens is 518 g/mol. The van der Waals surface area contributed by atoms with Crippen molar-refractivity contribution in [3.05, 3.63) is 89.5 Å². The zero-order valence-corrected chi connectivity index (χ0v) is 22.3. The smallest absolute Gasteiger partial charge is 0.317 e. The lowest BCUT2D eigenvalue weighted by atomic mass is 10.0. The number of piperidine rings is 1. The SMILES string of the molecule is O=C(NCc1cc(F)cc(F)c1)N1CCC(Nc2ccc(CCNC[C@H](O)COc3ccc(O)cc3)cc2)CC1. The number of likely N-dealkylation sites (tertiary alicyclic amines) is 1. The van der Waals surface area contributed by atoms with Gasteiger partial charge in [0.2, 0.25) is 0 Å². The van der Waals surface area contributed by atoms with E-state index in [1.54, 1.807) is 17.0 Å². The first-order valence-corrected chi connectivity index (χ1v) is 13.5. The number of rotatable bonds is 12. The Balaban J connectivity index is 1.09. The van der Waals surface area contributed by atoms with Crippen LogP contribution < -0.4 is 20.7 Å². The first-order valence-electron chi connectivity index (χ1n) is 13.5. The highest BCUT2D eigenvalue weighted by Gasteiger charge is 2.22. The van der Waals surface area contributed by atoms with Crippen molar-refractivity contribution in [1.82, 2.24) is 15.5 Å². The maximum atomic E-state index is 13.3. The molecule has 5 N–H and O–H groups in total. The van der Waals surface area contributed by atoms with Crippen LogP contribution in [0.25, 0.3) is 0 Å². The Morgan fingerprint density at radius 1 is 0.975 bits per heavy atom. The first-order chi connectivity index (χ1) is 19.3. The van der Waals surface area contributed by atoms with Gasteiger partial charge in [-0.3, -0.25) is 0 Å². The van der Waals surface area contributed by atoms with Crippen molar-refractivity contribution in [3.8, 4) is 11.5 Å². The summed E-state index contributed by atoms with van der Waals surface area (Å²) < 4.78 is 32.2. The Bertz CT molecular complexity index is 1200. The lowest BCUT2D eigenvalue weighted by Gasteiger charge is -2.33. The van der Waals surface area contributed by atoms with Gasteiger partial charge in [0.05, 0.1) is 0 Å². The fourth-order valence-corrected chi connectivity index (χ4v) is 4.53. The molecule has 3 aromatic carbocycles. The second kappa shape index (κ2) is 14.5. The molecular formula is C30H36F2N4O4. The van der Waals surface area contributed by atoms with E-state index in [-0.39, 0.29) is 31.0 Å². The van der Waals surface area contributed by atoms with Crippen LogP contribution in [0, 0.1) is 11.6 Å². The van der Waals surface area contributed by atoms with Crippen molar-refractivity contribution >= 4 is 11.7 Å². The lowest BCUT2D eigenvalue weighted by Crippen LogP contribution is -2.46. The summed E-state index contributed by atoms with van der Waals surface area (Å²) in [5, 5.41) is 28.9. The van der Waals surface area contributed by atoms with Crippen molar-refractivity contribution in [3.63, 3.8) is 0 Å². The summed E-state index contributed by atoms with van der Waals surface area (Å²) in [4.78, 5) is 14.2. The van der Waals surface area contributed by atoms with Gasteiger partial charge in [0.15, 0.2) is 0 Å². The van der Waals surface area contributed by atoms with E-state index < -0.39 is 17.7 Å². The number of nitrogens with zero attached hydrogens (tertiary/aromatic N) is 1. The third-order valence-electron chi connectivity index (χ3n) is 6.72. The molecule has 1 fully saturated rings. The predicted molar refractivity (Wildman–Crippen MR) is 149 cm³/mol. The van der Waals surface area contributed by atoms with Gasteiger partial charge >= 0.3 is 6.03 Å². The molecule has 0 saturated carbocycles. The third kappa shape index (κ3) is 9.39. The number of urea groups is 1. The molecule has 0 radical (unpaired) electrons. The number of aromatic hydroxyl groups is 1. The molecule has 3 aromatic rings. The van der Waals surface area contributed by atoms with Crippen LogP contribution in [0.4, 0.5) is 19.3 Å². The summed E-state index contributed by atoms with van der Waals surface area (Å²) in [6, 6.07) is 17.9. The van der Waals surface area contributed by atoms with E-state index in [4.69, 9.17) is 4.74 Å². The van der Waals surface area contributed by atoms with E-state index in [2.05, 4.69) is 28.1 Å². The lowest BCUT2D eigenvalue weighted by molar-refractivity contribution is 0.106. The molecule has 0 bridgehead atoms. The molecule has 1 aliphatic rings. The number of ether oxygens (including phenoxy) is 1. The molecule has 1 aliphatic heterocycles. The van der Waals surface area contributed by atoms with E-state index >= 15 is 0 Å². The van der Waals surface area contributed by atoms with Gasteiger partial charge < -0.3 is 35.8 Å². The van der Waals surface area contributed by atoms with Gasteiger partial charge in [-0.25, -0.2) is 13.6 Å². The number of hydrogen-bond donors (Lipinski definition) is 5. The van der Waals surface area contributed by atoms with Gasteiger partial charge in [0.25, 0.3) is 0 Å². The van der Waals surface area contributed by atoms with E-state index in [1.807, 2.05) is 12.1 Å². The molecule has 10 heteroatoms. The fourth-order valence-electron chi connectivity index (χ4n) is 4.53. The molecule has 1 heterocycles. The normalized spacial score (nSPS) is 14.5. The molecule has 0 aliphatic carbocycles. The van der Waals surface area contributed by atoms with Gasteiger partial charge in [0, 0.05) is 44.0 Å². The van der Waals surface area contributed by atoms with Crippen LogP contribution in [0.15, 0.2) is 66.7 Å². The number of amides is 2. The second-order valence-corrected chi connectivity index (χ2v) is 9.95. The average Bonchev–Trinajstić information content (AvgIpc) is 2.94. The van der Waals surface area contributed by atoms with Crippen LogP contribution in [0.3, 0.4) is 0 Å². The van der Waals surface area contributed by atoms with Crippen LogP contribution in [0.2, 0.25) is 0 Å². The van der Waals surface area contributed by atoms with Crippen molar-refractivity contribution in [2.24, 2.45) is 0 Å². The average molecular weight is 555 g/mol. The molecule has 2 amide bonds. The highest BCUT2D eigenvalue weighted by molar-refractivity contribution is 5.74. The molecule has 0 spiro atoms. The molecule has 0 unspecified atom stereocenters. The fraction of sp³-hybridized carbons (Fsp3) is 0.367. The highest BCUT2D eigenvalue weighted by atomic mass is 19.1. The molecule has 1 saturated heterocycles. The Morgan fingerprint density at radius 2 is 1.65 bits per heavy atom. The zero-order chi connectivity index (χ0) is 28.3. The van der Waals surface area contributed by atoms with E-state index in [0.29, 0.717) is 30.9 Å². The van der Waals surface area contributed by atoms with Crippen molar-refractivity contribution < 1.29 is 28.5 Å². The summed E-state index contributed by atoms with van der Waals surface area (Å²) in [7, 11) is 0. The number of benzene rings is 3. The van der Waals surface area contributed by atoms with Crippen molar-refractivity contribution in [1.29, 1.82) is 0 Å². The number of aliphatic hydroxyl groups excluding tert-OH is 1. The second-order valence-electron chi connectivity index (χ2n) is 9.95. The maximum absolute atomic E-state index is 13.3. The number of carbonyl (C=O) groups is 1. The molecule has 1 atom stereocenters. The minimum absolute atomic E-state index is 0.0730. The molecule has 4 rings (SSSR count). The predicted octanol–water partition coefficient (Wildman–Crippen LogP) is 4.03. The van der Waals surface area contributed by atoms with Crippen LogP contribution in [-0.2, 0) is 13.0 Å². The van der Waals surface area contributed by atoms with E-state index in [0.717, 1.165) is 37.6 Å². The van der Waals surface area contributed by atoms with Crippen LogP contribution in [0.1, 0.15) is 24.0 Å². The van der Waals surface area contributed by atoms with Gasteiger partial charge in [-0.15, -0.1) is 0 Å². The van der Waals surface area contributed by atoms with E-state index in [1.165, 1.54) is 29.8 Å². The minimum Gasteiger partial charge on any atom is -0.508 e. The molecule has 8 nitrogen and oxygen atoms in total. The molecule has 214 valence electrons. The van der Waals surface area contributed by atoms with Crippen LogP contribution in [0.5, 0.6) is 11.5 Å². The van der Waals surface area contributed by atoms with Crippen molar-refractivity contribution in [2.45, 2.75) is 38.0 Å². The van der Waals surface area contributed by atoms with Gasteiger partial charge in [-0.2, -0.15) is 0 Å². The molecule has 0 aromatic heterocycles. The number of carbonyl (C=O) groups excluding carboxylic acids is 1. The standard InChI is InChI=1S/C30H36F2N4O4/c31-23-15-22(16-24(32)17-23)18-34-30(39)36-13-10-26(11-14-36)35-25-3-1-21(2-4-25)9-12-33-19-28(38)20-40-29-7-5-27(37)6-8-29/h1-8,15-17,26,28,33,35,37-38H,9-14,18-20H2,(H,34,39)/t28-/m0/s1. The number of anilines is 1. The quantitative estimate of drug-likeness (QED) is 0.217. The number of hydrogen-bond acceptors (Lipinski definition) is 6.